The molecule has 0 bridgehead atoms. The third-order valence-electron chi connectivity index (χ3n) is 1.94. The van der Waals surface area contributed by atoms with Gasteiger partial charge in [0.2, 0.25) is 5.13 Å². The van der Waals surface area contributed by atoms with Crippen LogP contribution in [0.2, 0.25) is 5.02 Å². The number of nitrogens with one attached hydrogen (secondary N) is 1. The lowest BCUT2D eigenvalue weighted by atomic mass is 10.2. The van der Waals surface area contributed by atoms with Crippen molar-refractivity contribution in [3.05, 3.63) is 39.1 Å². The normalized spacial score (nSPS) is 10.3. The Labute approximate surface area is 115 Å². The SMILES string of the molecule is Cc1nsc(NC(=O)c2cccc(Br)c2Cl)n1. The van der Waals surface area contributed by atoms with Gasteiger partial charge in [-0.3, -0.25) is 10.1 Å². The van der Waals surface area contributed by atoms with Crippen LogP contribution in [0.25, 0.3) is 0 Å². The molecule has 0 fully saturated rings. The Kier molecular flexibility index (Phi) is 3.76. The smallest absolute Gasteiger partial charge is 0.259 e. The van der Waals surface area contributed by atoms with Gasteiger partial charge >= 0.3 is 0 Å². The quantitative estimate of drug-likeness (QED) is 0.915. The molecule has 2 aromatic rings. The zero-order valence-electron chi connectivity index (χ0n) is 8.70. The van der Waals surface area contributed by atoms with Crippen molar-refractivity contribution in [2.24, 2.45) is 0 Å². The average Bonchev–Trinajstić information content (AvgIpc) is 2.68. The first kappa shape index (κ1) is 12.5. The second-order valence-electron chi connectivity index (χ2n) is 3.20. The van der Waals surface area contributed by atoms with Crippen LogP contribution in [0.15, 0.2) is 22.7 Å². The molecule has 4 nitrogen and oxygen atoms in total. The third kappa shape index (κ3) is 2.83. The number of nitrogens with zero attached hydrogens (tertiary/aromatic N) is 2. The predicted molar refractivity (Wildman–Crippen MR) is 71.8 cm³/mol. The third-order valence-corrected chi connectivity index (χ3v) is 3.96. The molecule has 0 saturated carbocycles. The second-order valence-corrected chi connectivity index (χ2v) is 5.19. The number of carbonyl (C=O) groups is 1. The number of carbonyl (C=O) groups excluding carboxylic acids is 1. The van der Waals surface area contributed by atoms with Gasteiger partial charge in [-0.1, -0.05) is 17.7 Å². The maximum absolute atomic E-state index is 11.9. The molecule has 88 valence electrons. The van der Waals surface area contributed by atoms with Crippen LogP contribution < -0.4 is 5.32 Å². The molecule has 17 heavy (non-hydrogen) atoms. The van der Waals surface area contributed by atoms with Crippen molar-refractivity contribution in [2.75, 3.05) is 5.32 Å². The number of aromatic nitrogens is 2. The standard InChI is InChI=1S/C10H7BrClN3OS/c1-5-13-10(17-15-5)14-9(16)6-3-2-4-7(11)8(6)12/h2-4H,1H3,(H,13,14,15,16). The molecular weight excluding hydrogens is 326 g/mol. The van der Waals surface area contributed by atoms with Gasteiger partial charge in [0, 0.05) is 16.0 Å². The van der Waals surface area contributed by atoms with Gasteiger partial charge in [0.1, 0.15) is 5.82 Å². The van der Waals surface area contributed by atoms with Gasteiger partial charge < -0.3 is 0 Å². The Morgan fingerprint density at radius 2 is 2.29 bits per heavy atom. The molecule has 0 spiro atoms. The first-order chi connectivity index (χ1) is 8.08. The van der Waals surface area contributed by atoms with E-state index in [1.807, 2.05) is 0 Å². The zero-order chi connectivity index (χ0) is 12.4. The lowest BCUT2D eigenvalue weighted by molar-refractivity contribution is 0.102. The van der Waals surface area contributed by atoms with Crippen LogP contribution in [-0.4, -0.2) is 15.3 Å². The average molecular weight is 333 g/mol. The molecule has 0 aliphatic carbocycles. The number of hydrogen-bond donors (Lipinski definition) is 1. The maximum Gasteiger partial charge on any atom is 0.259 e. The summed E-state index contributed by atoms with van der Waals surface area (Å²) in [5.74, 6) is 0.332. The van der Waals surface area contributed by atoms with Crippen LogP contribution in [0.1, 0.15) is 16.2 Å². The van der Waals surface area contributed by atoms with Crippen LogP contribution in [0.5, 0.6) is 0 Å². The van der Waals surface area contributed by atoms with E-state index in [0.29, 0.717) is 26.0 Å². The number of anilines is 1. The van der Waals surface area contributed by atoms with Gasteiger partial charge in [0.15, 0.2) is 0 Å². The highest BCUT2D eigenvalue weighted by Gasteiger charge is 2.13. The topological polar surface area (TPSA) is 54.9 Å². The molecular formula is C10H7BrClN3OS. The number of halogens is 2. The van der Waals surface area contributed by atoms with E-state index >= 15 is 0 Å². The van der Waals surface area contributed by atoms with E-state index in [9.17, 15) is 4.79 Å². The van der Waals surface area contributed by atoms with Crippen molar-refractivity contribution >= 4 is 50.1 Å². The predicted octanol–water partition coefficient (Wildman–Crippen LogP) is 3.51. The fraction of sp³-hybridized carbons (Fsp3) is 0.100. The van der Waals surface area contributed by atoms with Crippen molar-refractivity contribution in [1.29, 1.82) is 0 Å². The monoisotopic (exact) mass is 331 g/mol. The summed E-state index contributed by atoms with van der Waals surface area (Å²) in [5.41, 5.74) is 0.397. The molecule has 0 radical (unpaired) electrons. The summed E-state index contributed by atoms with van der Waals surface area (Å²) in [6.45, 7) is 1.76. The molecule has 0 atom stereocenters. The van der Waals surface area contributed by atoms with Gasteiger partial charge in [0.05, 0.1) is 10.6 Å². The molecule has 1 aromatic heterocycles. The lowest BCUT2D eigenvalue weighted by Crippen LogP contribution is -2.12. The van der Waals surface area contributed by atoms with Crippen molar-refractivity contribution in [3.8, 4) is 0 Å². The number of amides is 1. The van der Waals surface area contributed by atoms with E-state index < -0.39 is 0 Å². The summed E-state index contributed by atoms with van der Waals surface area (Å²) in [6, 6.07) is 5.17. The Balaban J connectivity index is 2.23. The fourth-order valence-corrected chi connectivity index (χ4v) is 2.34. The molecule has 0 aliphatic heterocycles. The van der Waals surface area contributed by atoms with Crippen LogP contribution in [0.3, 0.4) is 0 Å². The Bertz CT molecular complexity index is 572. The minimum Gasteiger partial charge on any atom is -0.297 e. The van der Waals surface area contributed by atoms with Gasteiger partial charge in [-0.2, -0.15) is 4.37 Å². The maximum atomic E-state index is 11.9. The van der Waals surface area contributed by atoms with E-state index in [1.165, 1.54) is 0 Å². The van der Waals surface area contributed by atoms with E-state index in [2.05, 4.69) is 30.6 Å². The highest BCUT2D eigenvalue weighted by molar-refractivity contribution is 9.10. The summed E-state index contributed by atoms with van der Waals surface area (Å²) in [4.78, 5) is 16.0. The summed E-state index contributed by atoms with van der Waals surface area (Å²) in [6.07, 6.45) is 0. The van der Waals surface area contributed by atoms with Crippen LogP contribution in [0, 0.1) is 6.92 Å². The second kappa shape index (κ2) is 5.12. The van der Waals surface area contributed by atoms with Crippen LogP contribution in [0.4, 0.5) is 5.13 Å². The van der Waals surface area contributed by atoms with E-state index in [4.69, 9.17) is 11.6 Å². The summed E-state index contributed by atoms with van der Waals surface area (Å²) in [5, 5.41) is 3.49. The van der Waals surface area contributed by atoms with Crippen molar-refractivity contribution in [2.45, 2.75) is 6.92 Å². The van der Waals surface area contributed by atoms with E-state index in [1.54, 1.807) is 25.1 Å². The Hall–Kier alpha value is -0.980. The number of aryl methyl sites for hydroxylation is 1. The van der Waals surface area contributed by atoms with Crippen LogP contribution >= 0.6 is 39.1 Å². The Morgan fingerprint density at radius 1 is 1.53 bits per heavy atom. The Morgan fingerprint density at radius 3 is 2.94 bits per heavy atom. The molecule has 1 aromatic carbocycles. The fourth-order valence-electron chi connectivity index (χ4n) is 1.19. The van der Waals surface area contributed by atoms with E-state index in [-0.39, 0.29) is 5.91 Å². The molecule has 2 rings (SSSR count). The largest absolute Gasteiger partial charge is 0.297 e. The van der Waals surface area contributed by atoms with Crippen molar-refractivity contribution < 1.29 is 4.79 Å². The number of benzene rings is 1. The van der Waals surface area contributed by atoms with E-state index in [0.717, 1.165) is 11.5 Å². The molecule has 1 N–H and O–H groups in total. The van der Waals surface area contributed by atoms with Crippen molar-refractivity contribution in [1.82, 2.24) is 9.36 Å². The van der Waals surface area contributed by atoms with Gasteiger partial charge in [-0.25, -0.2) is 4.98 Å². The number of hydrogen-bond acceptors (Lipinski definition) is 4. The molecule has 1 amide bonds. The summed E-state index contributed by atoms with van der Waals surface area (Å²) >= 11 is 10.4. The van der Waals surface area contributed by atoms with Gasteiger partial charge in [-0.05, 0) is 35.0 Å². The minimum absolute atomic E-state index is 0.299. The first-order valence-corrected chi connectivity index (χ1v) is 6.58. The lowest BCUT2D eigenvalue weighted by Gasteiger charge is -2.04. The summed E-state index contributed by atoms with van der Waals surface area (Å²) < 4.78 is 4.66. The number of rotatable bonds is 2. The van der Waals surface area contributed by atoms with Crippen LogP contribution in [-0.2, 0) is 0 Å². The summed E-state index contributed by atoms with van der Waals surface area (Å²) in [7, 11) is 0. The highest BCUT2D eigenvalue weighted by Crippen LogP contribution is 2.26. The van der Waals surface area contributed by atoms with Gasteiger partial charge in [-0.15, -0.1) is 0 Å². The first-order valence-electron chi connectivity index (χ1n) is 4.63. The highest BCUT2D eigenvalue weighted by atomic mass is 79.9. The molecule has 0 saturated heterocycles. The van der Waals surface area contributed by atoms with Crippen molar-refractivity contribution in [3.63, 3.8) is 0 Å². The molecule has 0 unspecified atom stereocenters. The molecule has 7 heteroatoms. The molecule has 0 aliphatic rings. The zero-order valence-corrected chi connectivity index (χ0v) is 11.9. The van der Waals surface area contributed by atoms with Gasteiger partial charge in [0.25, 0.3) is 5.91 Å². The minimum atomic E-state index is -0.299. The molecule has 1 heterocycles.